The fraction of sp³-hybridized carbons (Fsp3) is 0.250. The summed E-state index contributed by atoms with van der Waals surface area (Å²) in [6.07, 6.45) is 8.99. The van der Waals surface area contributed by atoms with Crippen LogP contribution in [-0.4, -0.2) is 4.98 Å². The maximum atomic E-state index is 6.45. The number of aromatic nitrogens is 1. The summed E-state index contributed by atoms with van der Waals surface area (Å²) in [5, 5.41) is 0.682. The van der Waals surface area contributed by atoms with Gasteiger partial charge in [-0.3, -0.25) is 4.98 Å². The Morgan fingerprint density at radius 2 is 1.74 bits per heavy atom. The van der Waals surface area contributed by atoms with Crippen LogP contribution in [0.2, 0.25) is 5.02 Å². The predicted octanol–water partition coefficient (Wildman–Crippen LogP) is 6.77. The van der Waals surface area contributed by atoms with Gasteiger partial charge in [-0.1, -0.05) is 60.8 Å². The molecule has 137 valence electrons. The van der Waals surface area contributed by atoms with Gasteiger partial charge in [-0.25, -0.2) is 0 Å². The van der Waals surface area contributed by atoms with Crippen LogP contribution in [-0.2, 0) is 0 Å². The van der Waals surface area contributed by atoms with Crippen molar-refractivity contribution in [2.75, 3.05) is 0 Å². The summed E-state index contributed by atoms with van der Waals surface area (Å²) in [6.45, 7) is 0. The second kappa shape index (κ2) is 8.58. The van der Waals surface area contributed by atoms with Gasteiger partial charge in [0.25, 0.3) is 0 Å². The fourth-order valence-electron chi connectivity index (χ4n) is 3.68. The molecule has 1 fully saturated rings. The van der Waals surface area contributed by atoms with Gasteiger partial charge in [0, 0.05) is 16.8 Å². The van der Waals surface area contributed by atoms with Crippen molar-refractivity contribution in [3.63, 3.8) is 0 Å². The summed E-state index contributed by atoms with van der Waals surface area (Å²) in [7, 11) is 0. The topological polar surface area (TPSA) is 22.1 Å². The van der Waals surface area contributed by atoms with E-state index in [-0.39, 0.29) is 6.10 Å². The van der Waals surface area contributed by atoms with Gasteiger partial charge in [0.2, 0.25) is 0 Å². The van der Waals surface area contributed by atoms with Crippen LogP contribution >= 0.6 is 11.6 Å². The third-order valence-electron chi connectivity index (χ3n) is 5.13. The molecule has 1 saturated carbocycles. The molecule has 1 radical (unpaired) electrons. The van der Waals surface area contributed by atoms with Crippen molar-refractivity contribution in [2.45, 2.75) is 37.7 Å². The van der Waals surface area contributed by atoms with Crippen molar-refractivity contribution in [3.8, 4) is 5.75 Å². The summed E-state index contributed by atoms with van der Waals surface area (Å²) in [5.41, 5.74) is 3.13. The van der Waals surface area contributed by atoms with E-state index in [2.05, 4.69) is 35.7 Å². The van der Waals surface area contributed by atoms with Gasteiger partial charge < -0.3 is 4.74 Å². The molecule has 1 aromatic heterocycles. The first-order chi connectivity index (χ1) is 13.3. The fourth-order valence-corrected chi connectivity index (χ4v) is 3.91. The van der Waals surface area contributed by atoms with E-state index < -0.39 is 0 Å². The Morgan fingerprint density at radius 3 is 2.44 bits per heavy atom. The number of rotatable bonds is 5. The molecule has 0 saturated heterocycles. The number of hydrogen-bond acceptors (Lipinski definition) is 2. The minimum atomic E-state index is -0.341. The number of nitrogens with zero attached hydrogens (tertiary/aromatic N) is 1. The third-order valence-corrected chi connectivity index (χ3v) is 5.47. The van der Waals surface area contributed by atoms with Crippen LogP contribution in [0, 0.1) is 6.42 Å². The van der Waals surface area contributed by atoms with Gasteiger partial charge in [0.05, 0.1) is 5.69 Å². The summed E-state index contributed by atoms with van der Waals surface area (Å²) < 4.78 is 6.35. The van der Waals surface area contributed by atoms with E-state index in [0.29, 0.717) is 10.9 Å². The van der Waals surface area contributed by atoms with E-state index in [1.54, 1.807) is 6.20 Å². The monoisotopic (exact) mass is 376 g/mol. The van der Waals surface area contributed by atoms with Gasteiger partial charge in [-0.15, -0.1) is 0 Å². The highest BCUT2D eigenvalue weighted by Gasteiger charge is 2.21. The molecule has 2 nitrogen and oxygen atoms in total. The Kier molecular flexibility index (Phi) is 5.74. The van der Waals surface area contributed by atoms with E-state index in [0.717, 1.165) is 17.0 Å². The summed E-state index contributed by atoms with van der Waals surface area (Å²) in [4.78, 5) is 4.50. The molecule has 0 spiro atoms. The molecule has 0 bridgehead atoms. The van der Waals surface area contributed by atoms with Crippen LogP contribution in [0.3, 0.4) is 0 Å². The summed E-state index contributed by atoms with van der Waals surface area (Å²) in [6, 6.07) is 22.1. The second-order valence-electron chi connectivity index (χ2n) is 6.97. The molecule has 1 aliphatic carbocycles. The molecule has 3 aromatic rings. The number of hydrogen-bond donors (Lipinski definition) is 0. The van der Waals surface area contributed by atoms with Gasteiger partial charge >= 0.3 is 0 Å². The van der Waals surface area contributed by atoms with Crippen LogP contribution in [0.4, 0.5) is 0 Å². The molecule has 27 heavy (non-hydrogen) atoms. The quantitative estimate of drug-likeness (QED) is 0.490. The minimum absolute atomic E-state index is 0.341. The molecule has 0 N–H and O–H groups in total. The smallest absolute Gasteiger partial charge is 0.167 e. The molecule has 0 amide bonds. The van der Waals surface area contributed by atoms with E-state index in [4.69, 9.17) is 16.3 Å². The lowest BCUT2D eigenvalue weighted by Gasteiger charge is -2.23. The van der Waals surface area contributed by atoms with Crippen LogP contribution < -0.4 is 4.74 Å². The largest absolute Gasteiger partial charge is 0.479 e. The van der Waals surface area contributed by atoms with Crippen LogP contribution in [0.1, 0.15) is 54.5 Å². The predicted molar refractivity (Wildman–Crippen MR) is 110 cm³/mol. The zero-order valence-electron chi connectivity index (χ0n) is 15.2. The Balaban J connectivity index is 1.59. The molecule has 2 atom stereocenters. The highest BCUT2D eigenvalue weighted by molar-refractivity contribution is 6.31. The number of halogens is 1. The molecule has 1 heterocycles. The highest BCUT2D eigenvalue weighted by Crippen LogP contribution is 2.35. The van der Waals surface area contributed by atoms with Crippen molar-refractivity contribution in [1.29, 1.82) is 0 Å². The zero-order valence-corrected chi connectivity index (χ0v) is 16.0. The molecule has 0 aliphatic heterocycles. The van der Waals surface area contributed by atoms with Crippen molar-refractivity contribution in [3.05, 3.63) is 101 Å². The third kappa shape index (κ3) is 4.33. The van der Waals surface area contributed by atoms with Crippen LogP contribution in [0.5, 0.6) is 5.75 Å². The average Bonchev–Trinajstić information content (AvgIpc) is 2.74. The Bertz CT molecular complexity index is 857. The van der Waals surface area contributed by atoms with Crippen LogP contribution in [0.15, 0.2) is 72.9 Å². The van der Waals surface area contributed by atoms with Gasteiger partial charge in [0.15, 0.2) is 6.10 Å². The maximum Gasteiger partial charge on any atom is 0.167 e. The standard InChI is InChI=1S/C24H23ClNO/c25-22-11-5-4-10-21(22)24(23-12-6-7-17-26-23)27-20-15-13-19(14-16-20)18-8-2-1-3-9-18/h4-8,10-18,24H,1-3,9H2. The molecule has 1 aliphatic rings. The highest BCUT2D eigenvalue weighted by atomic mass is 35.5. The normalized spacial score (nSPS) is 16.0. The molecule has 2 unspecified atom stereocenters. The van der Waals surface area contributed by atoms with Crippen molar-refractivity contribution < 1.29 is 4.74 Å². The number of pyridine rings is 1. The molecule has 4 rings (SSSR count). The zero-order chi connectivity index (χ0) is 18.5. The number of ether oxygens (including phenoxy) is 1. The van der Waals surface area contributed by atoms with Crippen molar-refractivity contribution >= 4 is 11.6 Å². The van der Waals surface area contributed by atoms with Gasteiger partial charge in [-0.2, -0.15) is 0 Å². The molecule has 2 aromatic carbocycles. The lowest BCUT2D eigenvalue weighted by atomic mass is 9.84. The average molecular weight is 377 g/mol. The summed E-state index contributed by atoms with van der Waals surface area (Å²) >= 11 is 6.45. The first-order valence-corrected chi connectivity index (χ1v) is 9.94. The summed E-state index contributed by atoms with van der Waals surface area (Å²) in [5.74, 6) is 1.40. The molecule has 3 heteroatoms. The van der Waals surface area contributed by atoms with Crippen molar-refractivity contribution in [1.82, 2.24) is 4.98 Å². The van der Waals surface area contributed by atoms with E-state index in [1.807, 2.05) is 42.5 Å². The van der Waals surface area contributed by atoms with E-state index >= 15 is 0 Å². The SMILES string of the molecule is Clc1ccccc1C(Oc1ccc(C2[CH]CCCC2)cc1)c1ccccn1. The second-order valence-corrected chi connectivity index (χ2v) is 7.38. The lowest BCUT2D eigenvalue weighted by molar-refractivity contribution is 0.242. The van der Waals surface area contributed by atoms with Gasteiger partial charge in [0.1, 0.15) is 5.75 Å². The number of benzene rings is 2. The molecular weight excluding hydrogens is 354 g/mol. The first-order valence-electron chi connectivity index (χ1n) is 9.56. The maximum absolute atomic E-state index is 6.45. The lowest BCUT2D eigenvalue weighted by Crippen LogP contribution is -2.12. The minimum Gasteiger partial charge on any atom is -0.479 e. The van der Waals surface area contributed by atoms with Crippen LogP contribution in [0.25, 0.3) is 0 Å². The van der Waals surface area contributed by atoms with Gasteiger partial charge in [-0.05, 0) is 61.1 Å². The Labute approximate surface area is 166 Å². The van der Waals surface area contributed by atoms with Crippen molar-refractivity contribution in [2.24, 2.45) is 0 Å². The first kappa shape index (κ1) is 18.1. The van der Waals surface area contributed by atoms with E-state index in [9.17, 15) is 0 Å². The Hall–Kier alpha value is -2.32. The van der Waals surface area contributed by atoms with E-state index in [1.165, 1.54) is 31.2 Å². The molecular formula is C24H23ClNO. The Morgan fingerprint density at radius 1 is 0.926 bits per heavy atom.